The van der Waals surface area contributed by atoms with Crippen LogP contribution in [0.4, 0.5) is 5.69 Å². The Morgan fingerprint density at radius 1 is 1.39 bits per heavy atom. The molecule has 0 amide bonds. The van der Waals surface area contributed by atoms with Crippen LogP contribution in [0.25, 0.3) is 0 Å². The maximum absolute atomic E-state index is 11.5. The zero-order valence-electron chi connectivity index (χ0n) is 11.2. The number of rotatable bonds is 7. The second-order valence-electron chi connectivity index (χ2n) is 4.59. The summed E-state index contributed by atoms with van der Waals surface area (Å²) in [4.78, 5) is 0. The molecule has 1 unspecified atom stereocenters. The summed E-state index contributed by atoms with van der Waals surface area (Å²) in [5.74, 6) is 1.42. The third kappa shape index (κ3) is 4.92. The van der Waals surface area contributed by atoms with E-state index in [9.17, 15) is 4.21 Å². The molecule has 0 fully saturated rings. The molecule has 0 saturated carbocycles. The van der Waals surface area contributed by atoms with Crippen LogP contribution in [0.1, 0.15) is 27.2 Å². The van der Waals surface area contributed by atoms with Crippen LogP contribution in [0, 0.1) is 0 Å². The maximum atomic E-state index is 11.5. The van der Waals surface area contributed by atoms with Gasteiger partial charge in [0.25, 0.3) is 0 Å². The highest BCUT2D eigenvalue weighted by Gasteiger charge is 2.14. The van der Waals surface area contributed by atoms with Gasteiger partial charge in [-0.3, -0.25) is 0 Å². The molecule has 1 aromatic rings. The van der Waals surface area contributed by atoms with Crippen LogP contribution in [0.2, 0.25) is 0 Å². The van der Waals surface area contributed by atoms with Gasteiger partial charge in [-0.2, -0.15) is 0 Å². The van der Waals surface area contributed by atoms with Gasteiger partial charge in [-0.05, 0) is 50.6 Å². The molecule has 0 bridgehead atoms. The number of ether oxygens (including phenoxy) is 1. The van der Waals surface area contributed by atoms with Gasteiger partial charge in [0.2, 0.25) is 0 Å². The predicted molar refractivity (Wildman–Crippen MR) is 78.3 cm³/mol. The Balaban J connectivity index is 2.63. The molecule has 18 heavy (non-hydrogen) atoms. The molecule has 4 heteroatoms. The average Bonchev–Trinajstić information content (AvgIpc) is 2.32. The Kier molecular flexibility index (Phi) is 5.41. The minimum atomic E-state index is -1.01. The van der Waals surface area contributed by atoms with Crippen LogP contribution < -0.4 is 9.46 Å². The fourth-order valence-corrected chi connectivity index (χ4v) is 2.18. The third-order valence-electron chi connectivity index (χ3n) is 2.35. The topological polar surface area (TPSA) is 38.3 Å². The van der Waals surface area contributed by atoms with Crippen molar-refractivity contribution in [3.63, 3.8) is 0 Å². The fourth-order valence-electron chi connectivity index (χ4n) is 1.30. The minimum Gasteiger partial charge on any atom is -0.484 e. The smallest absolute Gasteiger partial charge is 0.121 e. The lowest BCUT2D eigenvalue weighted by Crippen LogP contribution is -2.24. The van der Waals surface area contributed by atoms with Gasteiger partial charge in [0.15, 0.2) is 0 Å². The molecule has 0 saturated heterocycles. The van der Waals surface area contributed by atoms with E-state index in [4.69, 9.17) is 4.74 Å². The zero-order chi connectivity index (χ0) is 13.6. The molecule has 0 heterocycles. The van der Waals surface area contributed by atoms with Gasteiger partial charge in [-0.1, -0.05) is 13.5 Å². The van der Waals surface area contributed by atoms with Crippen molar-refractivity contribution in [2.75, 3.05) is 10.5 Å². The van der Waals surface area contributed by atoms with Crippen molar-refractivity contribution in [3.05, 3.63) is 36.9 Å². The van der Waals surface area contributed by atoms with Crippen molar-refractivity contribution in [1.29, 1.82) is 0 Å². The second-order valence-corrected chi connectivity index (χ2v) is 5.89. The first-order chi connectivity index (χ1) is 8.46. The van der Waals surface area contributed by atoms with Crippen LogP contribution in [0.3, 0.4) is 0 Å². The minimum absolute atomic E-state index is 0.389. The van der Waals surface area contributed by atoms with E-state index in [1.54, 1.807) is 6.08 Å². The highest BCUT2D eigenvalue weighted by atomic mass is 32.2. The fraction of sp³-hybridized carbons (Fsp3) is 0.429. The van der Waals surface area contributed by atoms with Crippen LogP contribution >= 0.6 is 0 Å². The number of benzene rings is 1. The summed E-state index contributed by atoms with van der Waals surface area (Å²) in [6.45, 7) is 9.63. The van der Waals surface area contributed by atoms with E-state index < -0.39 is 11.0 Å². The van der Waals surface area contributed by atoms with E-state index in [0.717, 1.165) is 17.9 Å². The van der Waals surface area contributed by atoms with Crippen molar-refractivity contribution in [2.24, 2.45) is 0 Å². The van der Waals surface area contributed by atoms with Crippen molar-refractivity contribution in [3.8, 4) is 5.75 Å². The quantitative estimate of drug-likeness (QED) is 0.768. The van der Waals surface area contributed by atoms with Crippen molar-refractivity contribution >= 4 is 16.7 Å². The Bertz CT molecular complexity index is 412. The molecule has 0 spiro atoms. The first kappa shape index (κ1) is 14.8. The van der Waals surface area contributed by atoms with Crippen molar-refractivity contribution < 1.29 is 8.95 Å². The molecule has 3 nitrogen and oxygen atoms in total. The number of hydrogen-bond donors (Lipinski definition) is 1. The molecule has 1 rings (SSSR count). The molecule has 0 aliphatic rings. The summed E-state index contributed by atoms with van der Waals surface area (Å²) in [7, 11) is -1.01. The summed E-state index contributed by atoms with van der Waals surface area (Å²) < 4.78 is 20.2. The van der Waals surface area contributed by atoms with Crippen LogP contribution in [0.5, 0.6) is 5.75 Å². The maximum Gasteiger partial charge on any atom is 0.121 e. The van der Waals surface area contributed by atoms with Crippen LogP contribution in [-0.2, 0) is 11.0 Å². The molecule has 1 aromatic carbocycles. The molecule has 1 atom stereocenters. The third-order valence-corrected chi connectivity index (χ3v) is 3.59. The molecular weight excluding hydrogens is 246 g/mol. The normalized spacial score (nSPS) is 12.8. The van der Waals surface area contributed by atoms with Gasteiger partial charge in [0.1, 0.15) is 22.3 Å². The number of anilines is 1. The van der Waals surface area contributed by atoms with Gasteiger partial charge in [0.05, 0.1) is 0 Å². The van der Waals surface area contributed by atoms with Crippen molar-refractivity contribution in [1.82, 2.24) is 0 Å². The molecule has 100 valence electrons. The molecule has 1 N–H and O–H groups in total. The monoisotopic (exact) mass is 267 g/mol. The first-order valence-corrected chi connectivity index (χ1v) is 7.36. The highest BCUT2D eigenvalue weighted by Crippen LogP contribution is 2.21. The van der Waals surface area contributed by atoms with E-state index in [0.29, 0.717) is 5.75 Å². The van der Waals surface area contributed by atoms with Gasteiger partial charge in [-0.25, -0.2) is 4.21 Å². The summed E-state index contributed by atoms with van der Waals surface area (Å²) in [6.07, 6.45) is 2.66. The van der Waals surface area contributed by atoms with E-state index >= 15 is 0 Å². The van der Waals surface area contributed by atoms with Crippen molar-refractivity contribution in [2.45, 2.75) is 32.8 Å². The van der Waals surface area contributed by atoms with E-state index in [1.807, 2.05) is 45.0 Å². The molecule has 0 aromatic heterocycles. The molecule has 0 aliphatic heterocycles. The van der Waals surface area contributed by atoms with Gasteiger partial charge < -0.3 is 9.46 Å². The van der Waals surface area contributed by atoms with E-state index in [-0.39, 0.29) is 5.60 Å². The predicted octanol–water partition coefficient (Wildman–Crippen LogP) is 3.52. The number of hydrogen-bond acceptors (Lipinski definition) is 2. The number of nitrogens with one attached hydrogen (secondary N) is 1. The van der Waals surface area contributed by atoms with E-state index in [1.165, 1.54) is 0 Å². The van der Waals surface area contributed by atoms with Gasteiger partial charge in [-0.15, -0.1) is 0 Å². The standard InChI is InChI=1S/C14H21NO2S/c1-5-11-18(16)15-12-7-9-13(10-8-12)17-14(3,4)6-2/h6-10,15H,2,5,11H2,1,3-4H3. The summed E-state index contributed by atoms with van der Waals surface area (Å²) >= 11 is 0. The average molecular weight is 267 g/mol. The Labute approximate surface area is 112 Å². The summed E-state index contributed by atoms with van der Waals surface area (Å²) in [5, 5.41) is 0. The second kappa shape index (κ2) is 6.59. The summed E-state index contributed by atoms with van der Waals surface area (Å²) in [5.41, 5.74) is 0.450. The summed E-state index contributed by atoms with van der Waals surface area (Å²) in [6, 6.07) is 7.44. The largest absolute Gasteiger partial charge is 0.484 e. The lowest BCUT2D eigenvalue weighted by Gasteiger charge is -2.22. The Morgan fingerprint density at radius 3 is 2.50 bits per heavy atom. The lowest BCUT2D eigenvalue weighted by molar-refractivity contribution is 0.162. The highest BCUT2D eigenvalue weighted by molar-refractivity contribution is 7.86. The Hall–Kier alpha value is -1.29. The molecular formula is C14H21NO2S. The van der Waals surface area contributed by atoms with Gasteiger partial charge in [0, 0.05) is 11.4 Å². The molecule has 0 radical (unpaired) electrons. The van der Waals surface area contributed by atoms with Crippen LogP contribution in [-0.4, -0.2) is 15.6 Å². The molecule has 0 aliphatic carbocycles. The Morgan fingerprint density at radius 2 is 2.00 bits per heavy atom. The lowest BCUT2D eigenvalue weighted by atomic mass is 10.1. The zero-order valence-corrected chi connectivity index (χ0v) is 12.0. The van der Waals surface area contributed by atoms with Crippen LogP contribution in [0.15, 0.2) is 36.9 Å². The SMILES string of the molecule is C=CC(C)(C)Oc1ccc(NS(=O)CCC)cc1. The first-order valence-electron chi connectivity index (χ1n) is 6.04. The van der Waals surface area contributed by atoms with Gasteiger partial charge >= 0.3 is 0 Å². The van der Waals surface area contributed by atoms with E-state index in [2.05, 4.69) is 11.3 Å².